The van der Waals surface area contributed by atoms with Gasteiger partial charge in [-0.2, -0.15) is 11.8 Å². The maximum Gasteiger partial charge on any atom is 0.0507 e. The van der Waals surface area contributed by atoms with Gasteiger partial charge in [0.2, 0.25) is 0 Å². The van der Waals surface area contributed by atoms with Crippen LogP contribution in [0.1, 0.15) is 0 Å². The van der Waals surface area contributed by atoms with Crippen molar-refractivity contribution in [2.75, 3.05) is 64.5 Å². The minimum Gasteiger partial charge on any atom is -0.304 e. The molecule has 2 fully saturated rings. The summed E-state index contributed by atoms with van der Waals surface area (Å²) in [6.07, 6.45) is 0. The maximum atomic E-state index is 2.60. The molecule has 2 saturated heterocycles. The van der Waals surface area contributed by atoms with E-state index in [2.05, 4.69) is 33.5 Å². The summed E-state index contributed by atoms with van der Waals surface area (Å²) in [5.74, 6) is 2.65. The van der Waals surface area contributed by atoms with Crippen molar-refractivity contribution in [1.82, 2.24) is 14.7 Å². The highest BCUT2D eigenvalue weighted by Crippen LogP contribution is 2.10. The second-order valence-corrected chi connectivity index (χ2v) is 5.52. The molecule has 0 aliphatic carbocycles. The third-order valence-electron chi connectivity index (χ3n) is 3.10. The van der Waals surface area contributed by atoms with Crippen molar-refractivity contribution in [3.63, 3.8) is 0 Å². The van der Waals surface area contributed by atoms with Crippen molar-refractivity contribution < 1.29 is 0 Å². The lowest BCUT2D eigenvalue weighted by molar-refractivity contribution is 0.0889. The molecule has 2 aliphatic rings. The lowest BCUT2D eigenvalue weighted by Crippen LogP contribution is -2.50. The Kier molecular flexibility index (Phi) is 4.10. The van der Waals surface area contributed by atoms with Gasteiger partial charge in [-0.05, 0) is 7.05 Å². The molecule has 2 heterocycles. The summed E-state index contributed by atoms with van der Waals surface area (Å²) in [7, 11) is 2.22. The van der Waals surface area contributed by atoms with E-state index in [1.165, 1.54) is 57.4 Å². The minimum absolute atomic E-state index is 1.20. The lowest BCUT2D eigenvalue weighted by Gasteiger charge is -2.37. The van der Waals surface area contributed by atoms with Crippen molar-refractivity contribution in [2.24, 2.45) is 0 Å². The number of piperazine rings is 1. The van der Waals surface area contributed by atoms with Crippen LogP contribution in [0.3, 0.4) is 0 Å². The summed E-state index contributed by atoms with van der Waals surface area (Å²) >= 11 is 2.09. The molecule has 0 bridgehead atoms. The van der Waals surface area contributed by atoms with Crippen LogP contribution in [0.15, 0.2) is 0 Å². The predicted octanol–water partition coefficient (Wildman–Crippen LogP) is 0.240. The fraction of sp³-hybridized carbons (Fsp3) is 1.00. The summed E-state index contributed by atoms with van der Waals surface area (Å²) in [6, 6.07) is 0. The van der Waals surface area contributed by atoms with E-state index in [4.69, 9.17) is 0 Å². The Morgan fingerprint density at radius 2 is 1.43 bits per heavy atom. The van der Waals surface area contributed by atoms with Gasteiger partial charge in [0.25, 0.3) is 0 Å². The predicted molar refractivity (Wildman–Crippen MR) is 62.8 cm³/mol. The van der Waals surface area contributed by atoms with Crippen LogP contribution in [0.2, 0.25) is 0 Å². The maximum absolute atomic E-state index is 2.60. The highest BCUT2D eigenvalue weighted by Gasteiger charge is 2.17. The Balaban J connectivity index is 1.68. The van der Waals surface area contributed by atoms with E-state index in [9.17, 15) is 0 Å². The third kappa shape index (κ3) is 3.12. The molecular formula is C10H21N3S. The number of hydrogen-bond donors (Lipinski definition) is 0. The first-order valence-electron chi connectivity index (χ1n) is 5.55. The Bertz CT molecular complexity index is 163. The van der Waals surface area contributed by atoms with Gasteiger partial charge in [-0.15, -0.1) is 0 Å². The second kappa shape index (κ2) is 5.35. The van der Waals surface area contributed by atoms with Crippen molar-refractivity contribution in [3.05, 3.63) is 0 Å². The van der Waals surface area contributed by atoms with Gasteiger partial charge in [0.15, 0.2) is 0 Å². The highest BCUT2D eigenvalue weighted by atomic mass is 32.2. The Morgan fingerprint density at radius 3 is 2.07 bits per heavy atom. The standard InChI is InChI=1S/C10H21N3S/c1-11-2-4-12(5-3-11)10-13-6-8-14-9-7-13/h2-10H2,1H3. The summed E-state index contributed by atoms with van der Waals surface area (Å²) < 4.78 is 0. The zero-order valence-electron chi connectivity index (χ0n) is 9.11. The van der Waals surface area contributed by atoms with Gasteiger partial charge in [0.1, 0.15) is 0 Å². The van der Waals surface area contributed by atoms with E-state index in [0.29, 0.717) is 0 Å². The van der Waals surface area contributed by atoms with Crippen LogP contribution in [0.25, 0.3) is 0 Å². The third-order valence-corrected chi connectivity index (χ3v) is 4.04. The van der Waals surface area contributed by atoms with E-state index in [1.807, 2.05) is 0 Å². The fourth-order valence-corrected chi connectivity index (χ4v) is 2.99. The molecule has 0 spiro atoms. The molecule has 0 radical (unpaired) electrons. The molecule has 2 rings (SSSR count). The highest BCUT2D eigenvalue weighted by molar-refractivity contribution is 7.99. The second-order valence-electron chi connectivity index (χ2n) is 4.29. The molecule has 4 heteroatoms. The first kappa shape index (κ1) is 10.7. The number of hydrogen-bond acceptors (Lipinski definition) is 4. The average Bonchev–Trinajstić information content (AvgIpc) is 2.23. The van der Waals surface area contributed by atoms with Crippen LogP contribution in [-0.4, -0.2) is 79.2 Å². The number of nitrogens with zero attached hydrogens (tertiary/aromatic N) is 3. The van der Waals surface area contributed by atoms with Crippen LogP contribution in [0.4, 0.5) is 0 Å². The van der Waals surface area contributed by atoms with Gasteiger partial charge >= 0.3 is 0 Å². The van der Waals surface area contributed by atoms with Crippen LogP contribution in [0, 0.1) is 0 Å². The van der Waals surface area contributed by atoms with Crippen molar-refractivity contribution >= 4 is 11.8 Å². The molecule has 0 amide bonds. The summed E-state index contributed by atoms with van der Waals surface area (Å²) in [4.78, 5) is 7.61. The van der Waals surface area contributed by atoms with E-state index in [0.717, 1.165) is 0 Å². The molecule has 0 aromatic carbocycles. The molecule has 0 atom stereocenters. The van der Waals surface area contributed by atoms with E-state index in [1.54, 1.807) is 0 Å². The summed E-state index contributed by atoms with van der Waals surface area (Å²) in [6.45, 7) is 8.76. The van der Waals surface area contributed by atoms with E-state index < -0.39 is 0 Å². The molecule has 0 aromatic rings. The Labute approximate surface area is 91.4 Å². The summed E-state index contributed by atoms with van der Waals surface area (Å²) in [5.41, 5.74) is 0. The number of thioether (sulfide) groups is 1. The quantitative estimate of drug-likeness (QED) is 0.652. The van der Waals surface area contributed by atoms with Gasteiger partial charge in [0, 0.05) is 50.8 Å². The molecule has 3 nitrogen and oxygen atoms in total. The van der Waals surface area contributed by atoms with Gasteiger partial charge < -0.3 is 4.90 Å². The fourth-order valence-electron chi connectivity index (χ4n) is 2.01. The number of rotatable bonds is 2. The summed E-state index contributed by atoms with van der Waals surface area (Å²) in [5, 5.41) is 0. The van der Waals surface area contributed by atoms with E-state index >= 15 is 0 Å². The van der Waals surface area contributed by atoms with Gasteiger partial charge in [0.05, 0.1) is 6.67 Å². The van der Waals surface area contributed by atoms with E-state index in [-0.39, 0.29) is 0 Å². The molecule has 0 saturated carbocycles. The van der Waals surface area contributed by atoms with Crippen molar-refractivity contribution in [2.45, 2.75) is 0 Å². The Morgan fingerprint density at radius 1 is 0.857 bits per heavy atom. The molecule has 14 heavy (non-hydrogen) atoms. The van der Waals surface area contributed by atoms with Crippen LogP contribution >= 0.6 is 11.8 Å². The molecule has 0 aromatic heterocycles. The van der Waals surface area contributed by atoms with Gasteiger partial charge in [-0.3, -0.25) is 9.80 Å². The van der Waals surface area contributed by atoms with Crippen molar-refractivity contribution in [1.29, 1.82) is 0 Å². The molecule has 82 valence electrons. The zero-order valence-corrected chi connectivity index (χ0v) is 9.93. The van der Waals surface area contributed by atoms with Crippen LogP contribution < -0.4 is 0 Å². The zero-order chi connectivity index (χ0) is 9.80. The van der Waals surface area contributed by atoms with Crippen molar-refractivity contribution in [3.8, 4) is 0 Å². The SMILES string of the molecule is CN1CCN(CN2CCSCC2)CC1. The molecule has 0 N–H and O–H groups in total. The van der Waals surface area contributed by atoms with Crippen LogP contribution in [0.5, 0.6) is 0 Å². The minimum atomic E-state index is 1.20. The Hall–Kier alpha value is 0.230. The average molecular weight is 215 g/mol. The molecular weight excluding hydrogens is 194 g/mol. The monoisotopic (exact) mass is 215 g/mol. The molecule has 2 aliphatic heterocycles. The first-order chi connectivity index (χ1) is 6.84. The normalized spacial score (nSPS) is 28.1. The lowest BCUT2D eigenvalue weighted by atomic mass is 10.3. The van der Waals surface area contributed by atoms with Gasteiger partial charge in [-0.25, -0.2) is 0 Å². The number of likely N-dealkylation sites (N-methyl/N-ethyl adjacent to an activating group) is 1. The van der Waals surface area contributed by atoms with Crippen LogP contribution in [-0.2, 0) is 0 Å². The largest absolute Gasteiger partial charge is 0.304 e. The van der Waals surface area contributed by atoms with Gasteiger partial charge in [-0.1, -0.05) is 0 Å². The smallest absolute Gasteiger partial charge is 0.0507 e. The topological polar surface area (TPSA) is 9.72 Å². The molecule has 0 unspecified atom stereocenters. The first-order valence-corrected chi connectivity index (χ1v) is 6.71.